The van der Waals surface area contributed by atoms with E-state index in [1.54, 1.807) is 0 Å². The van der Waals surface area contributed by atoms with Crippen LogP contribution in [-0.2, 0) is 5.41 Å². The van der Waals surface area contributed by atoms with E-state index in [-0.39, 0.29) is 5.41 Å². The summed E-state index contributed by atoms with van der Waals surface area (Å²) in [6, 6.07) is 67.6. The lowest BCUT2D eigenvalue weighted by Gasteiger charge is -2.28. The molecule has 274 valence electrons. The number of furan rings is 2. The van der Waals surface area contributed by atoms with Crippen LogP contribution in [0.15, 0.2) is 197 Å². The van der Waals surface area contributed by atoms with Gasteiger partial charge in [0.1, 0.15) is 22.3 Å². The molecule has 9 aromatic carbocycles. The molecule has 0 amide bonds. The minimum atomic E-state index is -0.112. The first-order valence-electron chi connectivity index (χ1n) is 20.0. The van der Waals surface area contributed by atoms with E-state index in [2.05, 4.69) is 195 Å². The molecule has 1 aliphatic rings. The van der Waals surface area contributed by atoms with Crippen molar-refractivity contribution in [2.24, 2.45) is 0 Å². The Kier molecular flexibility index (Phi) is 6.98. The van der Waals surface area contributed by atoms with Crippen molar-refractivity contribution in [1.82, 2.24) is 0 Å². The van der Waals surface area contributed by atoms with Crippen LogP contribution in [0.2, 0.25) is 0 Å². The van der Waals surface area contributed by atoms with E-state index in [0.29, 0.717) is 0 Å². The molecule has 0 fully saturated rings. The number of nitrogens with zero attached hydrogens (tertiary/aromatic N) is 1. The van der Waals surface area contributed by atoms with Gasteiger partial charge in [0.25, 0.3) is 0 Å². The number of para-hydroxylation sites is 2. The number of anilines is 3. The Morgan fingerprint density at radius 1 is 0.414 bits per heavy atom. The first kappa shape index (κ1) is 32.8. The van der Waals surface area contributed by atoms with Gasteiger partial charge in [-0.05, 0) is 92.9 Å². The fraction of sp³-hybridized carbons (Fsp3) is 0.0545. The third-order valence-electron chi connectivity index (χ3n) is 12.5. The topological polar surface area (TPSA) is 29.5 Å². The first-order chi connectivity index (χ1) is 28.5. The van der Waals surface area contributed by atoms with Crippen molar-refractivity contribution in [2.75, 3.05) is 4.90 Å². The van der Waals surface area contributed by atoms with Gasteiger partial charge in [-0.1, -0.05) is 147 Å². The predicted molar refractivity (Wildman–Crippen MR) is 242 cm³/mol. The zero-order valence-corrected chi connectivity index (χ0v) is 32.2. The van der Waals surface area contributed by atoms with Crippen LogP contribution >= 0.6 is 0 Å². The molecule has 2 heterocycles. The summed E-state index contributed by atoms with van der Waals surface area (Å²) < 4.78 is 13.2. The fourth-order valence-corrected chi connectivity index (χ4v) is 9.83. The summed E-state index contributed by atoms with van der Waals surface area (Å²) >= 11 is 0. The average molecular weight is 744 g/mol. The highest BCUT2D eigenvalue weighted by Gasteiger charge is 2.37. The van der Waals surface area contributed by atoms with Crippen LogP contribution in [0.1, 0.15) is 25.0 Å². The lowest BCUT2D eigenvalue weighted by Crippen LogP contribution is -2.16. The van der Waals surface area contributed by atoms with E-state index in [1.165, 1.54) is 38.8 Å². The van der Waals surface area contributed by atoms with Crippen molar-refractivity contribution in [3.63, 3.8) is 0 Å². The van der Waals surface area contributed by atoms with Crippen LogP contribution in [0.3, 0.4) is 0 Å². The molecule has 0 saturated carbocycles. The van der Waals surface area contributed by atoms with E-state index < -0.39 is 0 Å². The summed E-state index contributed by atoms with van der Waals surface area (Å²) in [5, 5.41) is 6.73. The Hall–Kier alpha value is -7.36. The molecular formula is C55H37NO2. The molecule has 1 aliphatic carbocycles. The lowest BCUT2D eigenvalue weighted by atomic mass is 9.79. The van der Waals surface area contributed by atoms with Crippen LogP contribution in [0, 0.1) is 0 Å². The Morgan fingerprint density at radius 2 is 1.05 bits per heavy atom. The van der Waals surface area contributed by atoms with Crippen molar-refractivity contribution < 1.29 is 8.83 Å². The Bertz CT molecular complexity index is 3440. The highest BCUT2D eigenvalue weighted by molar-refractivity contribution is 6.20. The number of hydrogen-bond acceptors (Lipinski definition) is 3. The zero-order valence-electron chi connectivity index (χ0n) is 32.2. The van der Waals surface area contributed by atoms with Crippen LogP contribution in [0.4, 0.5) is 17.1 Å². The normalized spacial score (nSPS) is 13.1. The Morgan fingerprint density at radius 3 is 1.95 bits per heavy atom. The molecule has 0 unspecified atom stereocenters. The maximum absolute atomic E-state index is 6.67. The van der Waals surface area contributed by atoms with Gasteiger partial charge < -0.3 is 13.7 Å². The predicted octanol–water partition coefficient (Wildman–Crippen LogP) is 15.7. The van der Waals surface area contributed by atoms with Crippen LogP contribution in [0.5, 0.6) is 0 Å². The third-order valence-corrected chi connectivity index (χ3v) is 12.5. The molecular weight excluding hydrogens is 707 g/mol. The molecule has 0 bridgehead atoms. The second-order valence-corrected chi connectivity index (χ2v) is 16.0. The minimum Gasteiger partial charge on any atom is -0.456 e. The van der Waals surface area contributed by atoms with Gasteiger partial charge in [-0.2, -0.15) is 0 Å². The van der Waals surface area contributed by atoms with E-state index >= 15 is 0 Å². The number of hydrogen-bond donors (Lipinski definition) is 0. The van der Waals surface area contributed by atoms with Gasteiger partial charge in [-0.25, -0.2) is 0 Å². The van der Waals surface area contributed by atoms with E-state index in [0.717, 1.165) is 77.5 Å². The second-order valence-electron chi connectivity index (χ2n) is 16.0. The minimum absolute atomic E-state index is 0.112. The Labute approximate surface area is 336 Å². The standard InChI is InChI=1S/C55H37NO2/c1-55(2)47-21-8-5-15-40(47)45-20-11-18-38(53(45)55)35-25-28-36(29-26-35)56(37-30-32-43-42-17-7-10-23-49(42)57-51(43)33-37)48-22-9-6-16-41(48)44-19-12-24-50-52(44)46-31-27-34-13-3-4-14-39(34)54(46)58-50/h3-33H,1-2H3. The van der Waals surface area contributed by atoms with E-state index in [1.807, 2.05) is 12.1 Å². The van der Waals surface area contributed by atoms with Crippen LogP contribution in [0.25, 0.3) is 88.0 Å². The van der Waals surface area contributed by atoms with Gasteiger partial charge in [0, 0.05) is 55.4 Å². The second kappa shape index (κ2) is 12.3. The SMILES string of the molecule is CC1(C)c2ccccc2-c2cccc(-c3ccc(N(c4ccc5c(c4)oc4ccccc45)c4ccccc4-c4cccc5oc6c7ccccc7ccc6c45)cc3)c21. The van der Waals surface area contributed by atoms with Gasteiger partial charge in [0.05, 0.1) is 5.69 Å². The van der Waals surface area contributed by atoms with Crippen molar-refractivity contribution in [2.45, 2.75) is 19.3 Å². The smallest absolute Gasteiger partial charge is 0.143 e. The summed E-state index contributed by atoms with van der Waals surface area (Å²) in [7, 11) is 0. The highest BCUT2D eigenvalue weighted by Crippen LogP contribution is 2.53. The van der Waals surface area contributed by atoms with Crippen molar-refractivity contribution >= 4 is 71.7 Å². The molecule has 58 heavy (non-hydrogen) atoms. The molecule has 2 aromatic heterocycles. The average Bonchev–Trinajstić information content (AvgIpc) is 3.92. The van der Waals surface area contributed by atoms with Gasteiger partial charge in [0.2, 0.25) is 0 Å². The summed E-state index contributed by atoms with van der Waals surface area (Å²) in [4.78, 5) is 2.37. The highest BCUT2D eigenvalue weighted by atomic mass is 16.3. The van der Waals surface area contributed by atoms with Crippen molar-refractivity contribution in [1.29, 1.82) is 0 Å². The van der Waals surface area contributed by atoms with E-state index in [9.17, 15) is 0 Å². The largest absolute Gasteiger partial charge is 0.456 e. The lowest BCUT2D eigenvalue weighted by molar-refractivity contribution is 0.662. The molecule has 0 spiro atoms. The molecule has 0 aliphatic heterocycles. The zero-order chi connectivity index (χ0) is 38.5. The van der Waals surface area contributed by atoms with Gasteiger partial charge >= 0.3 is 0 Å². The maximum Gasteiger partial charge on any atom is 0.143 e. The maximum atomic E-state index is 6.67. The summed E-state index contributed by atoms with van der Waals surface area (Å²) in [6.45, 7) is 4.71. The summed E-state index contributed by atoms with van der Waals surface area (Å²) in [5.41, 5.74) is 16.7. The van der Waals surface area contributed by atoms with Crippen molar-refractivity contribution in [3.8, 4) is 33.4 Å². The summed E-state index contributed by atoms with van der Waals surface area (Å²) in [5.74, 6) is 0. The number of rotatable bonds is 5. The van der Waals surface area contributed by atoms with Crippen LogP contribution in [-0.4, -0.2) is 0 Å². The molecule has 0 N–H and O–H groups in total. The van der Waals surface area contributed by atoms with E-state index in [4.69, 9.17) is 8.83 Å². The third kappa shape index (κ3) is 4.74. The Balaban J connectivity index is 1.06. The van der Waals surface area contributed by atoms with Crippen molar-refractivity contribution in [3.05, 3.63) is 199 Å². The number of benzene rings is 9. The molecule has 3 nitrogen and oxygen atoms in total. The quantitative estimate of drug-likeness (QED) is 0.176. The molecule has 0 radical (unpaired) electrons. The summed E-state index contributed by atoms with van der Waals surface area (Å²) in [6.07, 6.45) is 0. The van der Waals surface area contributed by atoms with Gasteiger partial charge in [0.15, 0.2) is 0 Å². The monoisotopic (exact) mass is 743 g/mol. The molecule has 3 heteroatoms. The fourth-order valence-electron chi connectivity index (χ4n) is 9.83. The molecule has 0 atom stereocenters. The number of fused-ring (bicyclic) bond motifs is 11. The molecule has 11 aromatic rings. The molecule has 0 saturated heterocycles. The van der Waals surface area contributed by atoms with Gasteiger partial charge in [-0.15, -0.1) is 0 Å². The molecule has 12 rings (SSSR count). The van der Waals surface area contributed by atoms with Gasteiger partial charge in [-0.3, -0.25) is 0 Å². The van der Waals surface area contributed by atoms with Crippen LogP contribution < -0.4 is 4.90 Å². The first-order valence-corrected chi connectivity index (χ1v) is 20.0.